The van der Waals surface area contributed by atoms with E-state index >= 15 is 0 Å². The quantitative estimate of drug-likeness (QED) is 0.566. The number of aliphatic hydroxyl groups is 1. The first kappa shape index (κ1) is 16.5. The van der Waals surface area contributed by atoms with E-state index in [0.29, 0.717) is 0 Å². The van der Waals surface area contributed by atoms with E-state index < -0.39 is 0 Å². The molecule has 1 aromatic carbocycles. The van der Waals surface area contributed by atoms with Crippen LogP contribution < -0.4 is 0 Å². The summed E-state index contributed by atoms with van der Waals surface area (Å²) >= 11 is 5.93. The van der Waals surface area contributed by atoms with Gasteiger partial charge in [-0.3, -0.25) is 0 Å². The fourth-order valence-corrected chi connectivity index (χ4v) is 2.69. The van der Waals surface area contributed by atoms with Gasteiger partial charge in [0.15, 0.2) is 0 Å². The molecule has 1 rings (SSSR count). The summed E-state index contributed by atoms with van der Waals surface area (Å²) in [5.74, 6) is 0. The van der Waals surface area contributed by atoms with Gasteiger partial charge >= 0.3 is 0 Å². The van der Waals surface area contributed by atoms with Crippen molar-refractivity contribution in [2.75, 3.05) is 0 Å². The van der Waals surface area contributed by atoms with Crippen LogP contribution in [0.1, 0.15) is 75.5 Å². The SMILES string of the molecule is CCCCCCCCCC(O)c1ccc(Cl)cc1C. The summed E-state index contributed by atoms with van der Waals surface area (Å²) in [6.45, 7) is 4.25. The maximum absolute atomic E-state index is 10.2. The molecule has 1 N–H and O–H groups in total. The summed E-state index contributed by atoms with van der Waals surface area (Å²) in [4.78, 5) is 0. The number of aliphatic hydroxyl groups excluding tert-OH is 1. The Kier molecular flexibility index (Phi) is 8.16. The molecule has 19 heavy (non-hydrogen) atoms. The first-order valence-corrected chi connectivity index (χ1v) is 7.97. The Balaban J connectivity index is 2.22. The molecule has 0 aromatic heterocycles. The fraction of sp³-hybridized carbons (Fsp3) is 0.647. The van der Waals surface area contributed by atoms with Gasteiger partial charge in [-0.1, -0.05) is 69.5 Å². The molecular formula is C17H27ClO. The molecule has 1 atom stereocenters. The molecule has 0 fully saturated rings. The van der Waals surface area contributed by atoms with E-state index in [1.165, 1.54) is 38.5 Å². The lowest BCUT2D eigenvalue weighted by molar-refractivity contribution is 0.162. The number of halogens is 1. The molecule has 0 spiro atoms. The second-order valence-electron chi connectivity index (χ2n) is 5.43. The van der Waals surface area contributed by atoms with Crippen molar-refractivity contribution in [1.29, 1.82) is 0 Å². The van der Waals surface area contributed by atoms with Crippen molar-refractivity contribution < 1.29 is 5.11 Å². The Morgan fingerprint density at radius 3 is 2.32 bits per heavy atom. The number of rotatable bonds is 9. The molecule has 0 radical (unpaired) electrons. The summed E-state index contributed by atoms with van der Waals surface area (Å²) in [5, 5.41) is 10.9. The van der Waals surface area contributed by atoms with Crippen molar-refractivity contribution in [2.45, 2.75) is 71.3 Å². The van der Waals surface area contributed by atoms with Crippen LogP contribution in [-0.4, -0.2) is 5.11 Å². The van der Waals surface area contributed by atoms with Crippen LogP contribution >= 0.6 is 11.6 Å². The maximum Gasteiger partial charge on any atom is 0.0792 e. The van der Waals surface area contributed by atoms with Gasteiger partial charge in [0.25, 0.3) is 0 Å². The average molecular weight is 283 g/mol. The molecule has 0 saturated heterocycles. The van der Waals surface area contributed by atoms with Gasteiger partial charge in [0, 0.05) is 5.02 Å². The highest BCUT2D eigenvalue weighted by Crippen LogP contribution is 2.25. The van der Waals surface area contributed by atoms with Crippen LogP contribution in [0.3, 0.4) is 0 Å². The van der Waals surface area contributed by atoms with Gasteiger partial charge in [0.2, 0.25) is 0 Å². The van der Waals surface area contributed by atoms with Crippen LogP contribution in [0.15, 0.2) is 18.2 Å². The van der Waals surface area contributed by atoms with Crippen molar-refractivity contribution >= 4 is 11.6 Å². The average Bonchev–Trinajstić information content (AvgIpc) is 2.37. The lowest BCUT2D eigenvalue weighted by atomic mass is 9.98. The van der Waals surface area contributed by atoms with E-state index in [-0.39, 0.29) is 6.10 Å². The minimum absolute atomic E-state index is 0.340. The first-order chi connectivity index (χ1) is 9.15. The third-order valence-electron chi connectivity index (χ3n) is 3.67. The number of aryl methyl sites for hydroxylation is 1. The number of hydrogen-bond donors (Lipinski definition) is 1. The molecule has 0 aliphatic carbocycles. The molecule has 0 saturated carbocycles. The highest BCUT2D eigenvalue weighted by Gasteiger charge is 2.10. The summed E-state index contributed by atoms with van der Waals surface area (Å²) < 4.78 is 0. The molecule has 0 bridgehead atoms. The number of benzene rings is 1. The Labute approximate surface area is 123 Å². The van der Waals surface area contributed by atoms with Gasteiger partial charge in [-0.25, -0.2) is 0 Å². The minimum atomic E-state index is -0.340. The monoisotopic (exact) mass is 282 g/mol. The van der Waals surface area contributed by atoms with Crippen LogP contribution in [0.2, 0.25) is 5.02 Å². The first-order valence-electron chi connectivity index (χ1n) is 7.59. The highest BCUT2D eigenvalue weighted by atomic mass is 35.5. The number of unbranched alkanes of at least 4 members (excludes halogenated alkanes) is 6. The smallest absolute Gasteiger partial charge is 0.0792 e. The van der Waals surface area contributed by atoms with E-state index in [9.17, 15) is 5.11 Å². The normalized spacial score (nSPS) is 12.6. The Bertz CT molecular complexity index is 362. The predicted molar refractivity (Wildman–Crippen MR) is 83.8 cm³/mol. The second kappa shape index (κ2) is 9.39. The van der Waals surface area contributed by atoms with Crippen molar-refractivity contribution in [2.24, 2.45) is 0 Å². The van der Waals surface area contributed by atoms with Gasteiger partial charge in [0.1, 0.15) is 0 Å². The molecule has 108 valence electrons. The second-order valence-corrected chi connectivity index (χ2v) is 5.86. The summed E-state index contributed by atoms with van der Waals surface area (Å²) in [6.07, 6.45) is 9.50. The molecule has 0 aliphatic rings. The van der Waals surface area contributed by atoms with Gasteiger partial charge in [-0.15, -0.1) is 0 Å². The van der Waals surface area contributed by atoms with Crippen molar-refractivity contribution in [1.82, 2.24) is 0 Å². The van der Waals surface area contributed by atoms with Crippen LogP contribution in [0.4, 0.5) is 0 Å². The molecule has 0 heterocycles. The molecule has 2 heteroatoms. The van der Waals surface area contributed by atoms with Gasteiger partial charge in [-0.05, 0) is 36.6 Å². The molecular weight excluding hydrogens is 256 g/mol. The summed E-state index contributed by atoms with van der Waals surface area (Å²) in [7, 11) is 0. The van der Waals surface area contributed by atoms with Crippen LogP contribution in [0.5, 0.6) is 0 Å². The summed E-state index contributed by atoms with van der Waals surface area (Å²) in [5.41, 5.74) is 2.11. The minimum Gasteiger partial charge on any atom is -0.388 e. The molecule has 1 aromatic rings. The maximum atomic E-state index is 10.2. The molecule has 0 amide bonds. The van der Waals surface area contributed by atoms with Crippen LogP contribution in [0, 0.1) is 6.92 Å². The highest BCUT2D eigenvalue weighted by molar-refractivity contribution is 6.30. The van der Waals surface area contributed by atoms with E-state index in [4.69, 9.17) is 11.6 Å². The van der Waals surface area contributed by atoms with Crippen LogP contribution in [0.25, 0.3) is 0 Å². The van der Waals surface area contributed by atoms with Crippen molar-refractivity contribution in [3.05, 3.63) is 34.3 Å². The van der Waals surface area contributed by atoms with E-state index in [0.717, 1.165) is 29.0 Å². The zero-order valence-corrected chi connectivity index (χ0v) is 13.0. The van der Waals surface area contributed by atoms with E-state index in [1.54, 1.807) is 0 Å². The zero-order valence-electron chi connectivity index (χ0n) is 12.3. The Morgan fingerprint density at radius 2 is 1.68 bits per heavy atom. The topological polar surface area (TPSA) is 20.2 Å². The van der Waals surface area contributed by atoms with Crippen LogP contribution in [-0.2, 0) is 0 Å². The number of hydrogen-bond acceptors (Lipinski definition) is 1. The molecule has 0 aliphatic heterocycles. The van der Waals surface area contributed by atoms with Gasteiger partial charge in [-0.2, -0.15) is 0 Å². The lowest BCUT2D eigenvalue weighted by Crippen LogP contribution is -2.00. The zero-order chi connectivity index (χ0) is 14.1. The third kappa shape index (κ3) is 6.44. The van der Waals surface area contributed by atoms with Gasteiger partial charge < -0.3 is 5.11 Å². The lowest BCUT2D eigenvalue weighted by Gasteiger charge is -2.13. The molecule has 1 unspecified atom stereocenters. The van der Waals surface area contributed by atoms with E-state index in [1.807, 2.05) is 25.1 Å². The Hall–Kier alpha value is -0.530. The van der Waals surface area contributed by atoms with Crippen molar-refractivity contribution in [3.8, 4) is 0 Å². The van der Waals surface area contributed by atoms with Crippen molar-refractivity contribution in [3.63, 3.8) is 0 Å². The predicted octanol–water partition coefficient (Wildman–Crippen LogP) is 5.82. The molecule has 1 nitrogen and oxygen atoms in total. The van der Waals surface area contributed by atoms with E-state index in [2.05, 4.69) is 6.92 Å². The Morgan fingerprint density at radius 1 is 1.05 bits per heavy atom. The van der Waals surface area contributed by atoms with Gasteiger partial charge in [0.05, 0.1) is 6.10 Å². The summed E-state index contributed by atoms with van der Waals surface area (Å²) in [6, 6.07) is 5.73. The standard InChI is InChI=1S/C17H27ClO/c1-3-4-5-6-7-8-9-10-17(19)16-12-11-15(18)13-14(16)2/h11-13,17,19H,3-10H2,1-2H3. The largest absolute Gasteiger partial charge is 0.388 e. The fourth-order valence-electron chi connectivity index (χ4n) is 2.46. The third-order valence-corrected chi connectivity index (χ3v) is 3.91.